The molecule has 0 aliphatic heterocycles. The summed E-state index contributed by atoms with van der Waals surface area (Å²) < 4.78 is 53.1. The number of benzene rings is 3. The monoisotopic (exact) mass is 542 g/mol. The molecule has 12 heteroatoms. The predicted molar refractivity (Wildman–Crippen MR) is 140 cm³/mol. The summed E-state index contributed by atoms with van der Waals surface area (Å²) in [7, 11) is -7.44. The first-order valence-electron chi connectivity index (χ1n) is 11.0. The minimum Gasteiger partial charge on any atom is -0.399 e. The van der Waals surface area contributed by atoms with Gasteiger partial charge in [0.15, 0.2) is 0 Å². The zero-order valence-electron chi connectivity index (χ0n) is 20.1. The summed E-state index contributed by atoms with van der Waals surface area (Å²) in [6.07, 6.45) is 0.0949. The van der Waals surface area contributed by atoms with Crippen molar-refractivity contribution in [3.8, 4) is 22.4 Å². The number of aromatic nitrogens is 1. The van der Waals surface area contributed by atoms with Crippen molar-refractivity contribution >= 4 is 31.6 Å². The number of rotatable bonds is 6. The smallest absolute Gasteiger partial charge is 0.264 e. The summed E-state index contributed by atoms with van der Waals surface area (Å²) in [5.74, 6) is 0.0917. The number of sulfonamides is 2. The van der Waals surface area contributed by atoms with Crippen LogP contribution in [-0.2, 0) is 24.8 Å². The molecule has 1 aromatic heterocycles. The third-order valence-electron chi connectivity index (χ3n) is 5.14. The highest BCUT2D eigenvalue weighted by molar-refractivity contribution is 7.90. The Morgan fingerprint density at radius 1 is 0.865 bits per heavy atom. The van der Waals surface area contributed by atoms with Crippen LogP contribution in [0.3, 0.4) is 0 Å². The molecular formula is C25H26N4O6S2. The maximum absolute atomic E-state index is 12.2. The van der Waals surface area contributed by atoms with Crippen LogP contribution in [0, 0.1) is 6.92 Å². The average molecular weight is 543 g/mol. The van der Waals surface area contributed by atoms with Gasteiger partial charge in [0.25, 0.3) is 10.0 Å². The van der Waals surface area contributed by atoms with E-state index in [4.69, 9.17) is 15.4 Å². The molecule has 0 radical (unpaired) electrons. The van der Waals surface area contributed by atoms with Gasteiger partial charge in [-0.05, 0) is 48.9 Å². The number of carbonyl (C=O) groups is 1. The van der Waals surface area contributed by atoms with E-state index in [0.717, 1.165) is 16.7 Å². The first kappa shape index (κ1) is 27.6. The first-order valence-corrected chi connectivity index (χ1v) is 14.0. The number of amides is 1. The summed E-state index contributed by atoms with van der Waals surface area (Å²) in [5.41, 5.74) is 9.03. The van der Waals surface area contributed by atoms with Crippen molar-refractivity contribution in [2.75, 3.05) is 5.73 Å². The van der Waals surface area contributed by atoms with Gasteiger partial charge in [-0.2, -0.15) is 0 Å². The number of hydrogen-bond acceptors (Lipinski definition) is 8. The molecule has 0 spiro atoms. The maximum Gasteiger partial charge on any atom is 0.264 e. The zero-order chi connectivity index (χ0) is 27.2. The Labute approximate surface area is 215 Å². The van der Waals surface area contributed by atoms with Crippen molar-refractivity contribution in [3.63, 3.8) is 0 Å². The van der Waals surface area contributed by atoms with E-state index in [2.05, 4.69) is 5.16 Å². The molecule has 0 aliphatic rings. The van der Waals surface area contributed by atoms with Gasteiger partial charge in [0.2, 0.25) is 15.9 Å². The van der Waals surface area contributed by atoms with Crippen LogP contribution in [0.5, 0.6) is 0 Å². The van der Waals surface area contributed by atoms with Crippen LogP contribution in [0.1, 0.15) is 19.1 Å². The minimum absolute atomic E-state index is 0.0263. The summed E-state index contributed by atoms with van der Waals surface area (Å²) in [6.45, 7) is 3.40. The molecule has 0 atom stereocenters. The Morgan fingerprint density at radius 3 is 1.97 bits per heavy atom. The van der Waals surface area contributed by atoms with Crippen molar-refractivity contribution in [3.05, 3.63) is 84.6 Å². The number of nitrogens with one attached hydrogen (secondary N) is 1. The molecule has 5 N–H and O–H groups in total. The zero-order valence-corrected chi connectivity index (χ0v) is 21.7. The van der Waals surface area contributed by atoms with Crippen LogP contribution in [0.25, 0.3) is 22.4 Å². The van der Waals surface area contributed by atoms with E-state index in [0.29, 0.717) is 17.1 Å². The van der Waals surface area contributed by atoms with E-state index in [1.165, 1.54) is 36.4 Å². The number of aryl methyl sites for hydroxylation is 1. The molecule has 0 aliphatic carbocycles. The highest BCUT2D eigenvalue weighted by atomic mass is 32.2. The SMILES string of the molecule is CCC(=O)NS(=O)(=O)c1ccc(-c2c(-c3ccccc3)noc2C)cc1.Nc1ccc(S(N)(=O)=O)cc1. The number of nitrogens with zero attached hydrogens (tertiary/aromatic N) is 1. The van der Waals surface area contributed by atoms with Crippen LogP contribution < -0.4 is 15.6 Å². The standard InChI is InChI=1S/C19H18N2O4S.C6H8N2O2S/c1-3-17(22)21-26(23,24)16-11-9-14(10-12-16)18-13(2)25-20-19(18)15-7-5-4-6-8-15;7-5-1-3-6(4-2-5)11(8,9)10/h4-12H,3H2,1-2H3,(H,21,22);1-4H,7H2,(H2,8,9,10). The molecule has 3 aromatic carbocycles. The molecule has 4 rings (SSSR count). The lowest BCUT2D eigenvalue weighted by molar-refractivity contribution is -0.119. The second-order valence-electron chi connectivity index (χ2n) is 7.85. The number of nitrogen functional groups attached to an aromatic ring is 1. The average Bonchev–Trinajstić information content (AvgIpc) is 3.25. The topological polar surface area (TPSA) is 175 Å². The summed E-state index contributed by atoms with van der Waals surface area (Å²) in [6, 6.07) is 21.6. The van der Waals surface area contributed by atoms with E-state index in [1.807, 2.05) is 35.1 Å². The van der Waals surface area contributed by atoms with Gasteiger partial charge < -0.3 is 10.3 Å². The van der Waals surface area contributed by atoms with Crippen LogP contribution in [0.2, 0.25) is 0 Å². The van der Waals surface area contributed by atoms with Crippen molar-refractivity contribution in [2.45, 2.75) is 30.1 Å². The van der Waals surface area contributed by atoms with E-state index < -0.39 is 26.0 Å². The van der Waals surface area contributed by atoms with Crippen molar-refractivity contribution in [1.82, 2.24) is 9.88 Å². The highest BCUT2D eigenvalue weighted by Crippen LogP contribution is 2.34. The Morgan fingerprint density at radius 2 is 1.43 bits per heavy atom. The molecule has 4 aromatic rings. The largest absolute Gasteiger partial charge is 0.399 e. The lowest BCUT2D eigenvalue weighted by atomic mass is 10.00. The number of nitrogens with two attached hydrogens (primary N) is 2. The van der Waals surface area contributed by atoms with E-state index in [1.54, 1.807) is 26.0 Å². The third kappa shape index (κ3) is 7.03. The molecule has 0 saturated heterocycles. The number of primary sulfonamides is 1. The van der Waals surface area contributed by atoms with Gasteiger partial charge in [-0.3, -0.25) is 4.79 Å². The van der Waals surface area contributed by atoms with Gasteiger partial charge in [-0.1, -0.05) is 54.5 Å². The molecular weight excluding hydrogens is 516 g/mol. The predicted octanol–water partition coefficient (Wildman–Crippen LogP) is 3.45. The fourth-order valence-electron chi connectivity index (χ4n) is 3.24. The second-order valence-corrected chi connectivity index (χ2v) is 11.1. The van der Waals surface area contributed by atoms with E-state index in [9.17, 15) is 21.6 Å². The molecule has 0 bridgehead atoms. The summed E-state index contributed by atoms with van der Waals surface area (Å²) in [5, 5.41) is 8.97. The normalized spacial score (nSPS) is 11.3. The van der Waals surface area contributed by atoms with Crippen LogP contribution in [0.15, 0.2) is 93.2 Å². The molecule has 0 fully saturated rings. The van der Waals surface area contributed by atoms with Gasteiger partial charge in [0.1, 0.15) is 11.5 Å². The van der Waals surface area contributed by atoms with Crippen LogP contribution in [0.4, 0.5) is 5.69 Å². The van der Waals surface area contributed by atoms with Gasteiger partial charge >= 0.3 is 0 Å². The molecule has 0 saturated carbocycles. The lowest BCUT2D eigenvalue weighted by Gasteiger charge is -2.07. The first-order chi connectivity index (χ1) is 17.4. The molecule has 194 valence electrons. The number of carbonyl (C=O) groups excluding carboxylic acids is 1. The molecule has 1 heterocycles. The van der Waals surface area contributed by atoms with Gasteiger partial charge in [-0.25, -0.2) is 26.7 Å². The fourth-order valence-corrected chi connectivity index (χ4v) is 4.82. The molecule has 37 heavy (non-hydrogen) atoms. The minimum atomic E-state index is -3.87. The fraction of sp³-hybridized carbons (Fsp3) is 0.120. The number of anilines is 1. The lowest BCUT2D eigenvalue weighted by Crippen LogP contribution is -2.29. The Balaban J connectivity index is 0.000000289. The second kappa shape index (κ2) is 11.4. The molecule has 10 nitrogen and oxygen atoms in total. The molecule has 1 amide bonds. The van der Waals surface area contributed by atoms with Gasteiger partial charge in [-0.15, -0.1) is 0 Å². The maximum atomic E-state index is 12.2. The summed E-state index contributed by atoms with van der Waals surface area (Å²) >= 11 is 0. The third-order valence-corrected chi connectivity index (χ3v) is 7.46. The highest BCUT2D eigenvalue weighted by Gasteiger charge is 2.19. The van der Waals surface area contributed by atoms with E-state index in [-0.39, 0.29) is 16.2 Å². The Kier molecular flexibility index (Phi) is 8.48. The molecule has 0 unspecified atom stereocenters. The van der Waals surface area contributed by atoms with Crippen LogP contribution in [-0.4, -0.2) is 27.9 Å². The van der Waals surface area contributed by atoms with Gasteiger partial charge in [0.05, 0.1) is 15.4 Å². The Hall–Kier alpha value is -4.00. The Bertz CT molecular complexity index is 1580. The van der Waals surface area contributed by atoms with Crippen molar-refractivity contribution < 1.29 is 26.2 Å². The van der Waals surface area contributed by atoms with Crippen LogP contribution >= 0.6 is 0 Å². The quantitative estimate of drug-likeness (QED) is 0.310. The number of hydrogen-bond donors (Lipinski definition) is 3. The van der Waals surface area contributed by atoms with Crippen molar-refractivity contribution in [1.29, 1.82) is 0 Å². The van der Waals surface area contributed by atoms with E-state index >= 15 is 0 Å². The summed E-state index contributed by atoms with van der Waals surface area (Å²) in [4.78, 5) is 11.5. The van der Waals surface area contributed by atoms with Crippen molar-refractivity contribution in [2.24, 2.45) is 5.14 Å². The van der Waals surface area contributed by atoms with Gasteiger partial charge in [0, 0.05) is 17.7 Å².